The summed E-state index contributed by atoms with van der Waals surface area (Å²) in [4.78, 5) is 17.3. The molecule has 0 aliphatic heterocycles. The molecule has 0 unspecified atom stereocenters. The lowest BCUT2D eigenvalue weighted by Crippen LogP contribution is -2.16. The number of rotatable bonds is 6. The molecule has 0 bridgehead atoms. The van der Waals surface area contributed by atoms with Gasteiger partial charge < -0.3 is 9.30 Å². The number of nitrogens with zero attached hydrogens (tertiary/aromatic N) is 5. The largest absolute Gasteiger partial charge is 0.458 e. The van der Waals surface area contributed by atoms with Gasteiger partial charge in [-0.3, -0.25) is 4.79 Å². The van der Waals surface area contributed by atoms with Crippen LogP contribution in [-0.4, -0.2) is 25.3 Å². The number of ether oxygens (including phenoxy) is 1. The molecule has 2 aromatic heterocycles. The van der Waals surface area contributed by atoms with Gasteiger partial charge in [-0.05, 0) is 31.2 Å². The second kappa shape index (κ2) is 8.21. The molecule has 2 heterocycles. The molecule has 30 heavy (non-hydrogen) atoms. The van der Waals surface area contributed by atoms with Crippen LogP contribution in [-0.2, 0) is 29.1 Å². The minimum atomic E-state index is -0.393. The van der Waals surface area contributed by atoms with Gasteiger partial charge in [-0.2, -0.15) is 10.4 Å². The van der Waals surface area contributed by atoms with E-state index in [4.69, 9.17) is 4.74 Å². The van der Waals surface area contributed by atoms with Crippen LogP contribution in [0.5, 0.6) is 0 Å². The van der Waals surface area contributed by atoms with Gasteiger partial charge >= 0.3 is 5.97 Å². The van der Waals surface area contributed by atoms with Gasteiger partial charge in [0.05, 0.1) is 28.1 Å². The minimum Gasteiger partial charge on any atom is -0.458 e. The first kappa shape index (κ1) is 19.4. The van der Waals surface area contributed by atoms with Crippen molar-refractivity contribution in [2.24, 2.45) is 0 Å². The van der Waals surface area contributed by atoms with E-state index in [1.807, 2.05) is 66.1 Å². The Hall–Kier alpha value is -3.92. The Morgan fingerprint density at radius 1 is 1.13 bits per heavy atom. The van der Waals surface area contributed by atoms with E-state index >= 15 is 0 Å². The lowest BCUT2D eigenvalue weighted by molar-refractivity contribution is -0.145. The first-order valence-corrected chi connectivity index (χ1v) is 9.76. The molecule has 0 amide bonds. The van der Waals surface area contributed by atoms with Crippen molar-refractivity contribution in [1.82, 2.24) is 19.3 Å². The molecule has 2 aromatic carbocycles. The number of esters is 1. The highest BCUT2D eigenvalue weighted by molar-refractivity contribution is 5.79. The zero-order valence-electron chi connectivity index (χ0n) is 16.9. The third kappa shape index (κ3) is 3.55. The Morgan fingerprint density at radius 2 is 1.87 bits per heavy atom. The number of para-hydroxylation sites is 3. The predicted octanol–water partition coefficient (Wildman–Crippen LogP) is 3.71. The number of aromatic nitrogens is 4. The number of carbonyl (C=O) groups is 1. The van der Waals surface area contributed by atoms with Crippen LogP contribution in [0.15, 0.2) is 54.6 Å². The third-order valence-corrected chi connectivity index (χ3v) is 4.98. The van der Waals surface area contributed by atoms with Crippen LogP contribution in [0.3, 0.4) is 0 Å². The SMILES string of the molecule is CCc1nc2ccccc2n1CC(=O)OCc1c(C#N)c(C)nn1-c1ccccc1. The van der Waals surface area contributed by atoms with E-state index in [2.05, 4.69) is 16.2 Å². The number of aryl methyl sites for hydroxylation is 2. The summed E-state index contributed by atoms with van der Waals surface area (Å²) >= 11 is 0. The molecule has 150 valence electrons. The van der Waals surface area contributed by atoms with Crippen molar-refractivity contribution in [2.45, 2.75) is 33.4 Å². The molecule has 0 aliphatic rings. The van der Waals surface area contributed by atoms with Crippen LogP contribution < -0.4 is 0 Å². The molecule has 0 aliphatic carbocycles. The van der Waals surface area contributed by atoms with E-state index in [-0.39, 0.29) is 13.2 Å². The topological polar surface area (TPSA) is 85.7 Å². The van der Waals surface area contributed by atoms with Gasteiger partial charge in [0.1, 0.15) is 30.6 Å². The van der Waals surface area contributed by atoms with Gasteiger partial charge in [0.25, 0.3) is 0 Å². The van der Waals surface area contributed by atoms with E-state index in [0.717, 1.165) is 22.5 Å². The average Bonchev–Trinajstić information content (AvgIpc) is 3.29. The summed E-state index contributed by atoms with van der Waals surface area (Å²) < 4.78 is 9.10. The van der Waals surface area contributed by atoms with Crippen LogP contribution in [0.25, 0.3) is 16.7 Å². The monoisotopic (exact) mass is 399 g/mol. The summed E-state index contributed by atoms with van der Waals surface area (Å²) in [5.41, 5.74) is 4.14. The van der Waals surface area contributed by atoms with Crippen molar-refractivity contribution in [2.75, 3.05) is 0 Å². The molecule has 0 saturated carbocycles. The number of nitriles is 1. The smallest absolute Gasteiger partial charge is 0.326 e. The number of imidazole rings is 1. The number of fused-ring (bicyclic) bond motifs is 1. The Balaban J connectivity index is 1.58. The summed E-state index contributed by atoms with van der Waals surface area (Å²) in [6.45, 7) is 3.80. The molecule has 7 nitrogen and oxygen atoms in total. The zero-order chi connectivity index (χ0) is 21.1. The van der Waals surface area contributed by atoms with Crippen molar-refractivity contribution in [3.05, 3.63) is 77.4 Å². The minimum absolute atomic E-state index is 0.0362. The Bertz CT molecular complexity index is 1250. The Morgan fingerprint density at radius 3 is 2.60 bits per heavy atom. The summed E-state index contributed by atoms with van der Waals surface area (Å²) in [5.74, 6) is 0.436. The molecule has 0 spiro atoms. The molecular formula is C23H21N5O2. The van der Waals surface area contributed by atoms with Crippen LogP contribution in [0.2, 0.25) is 0 Å². The normalized spacial score (nSPS) is 10.8. The average molecular weight is 399 g/mol. The maximum Gasteiger partial charge on any atom is 0.326 e. The highest BCUT2D eigenvalue weighted by Crippen LogP contribution is 2.20. The molecule has 7 heteroatoms. The standard InChI is InChI=1S/C23H21N5O2/c1-3-22-25-19-11-7-8-12-20(19)27(22)14-23(29)30-15-21-18(13-24)16(2)26-28(21)17-9-5-4-6-10-17/h4-12H,3,14-15H2,1-2H3. The van der Waals surface area contributed by atoms with Crippen molar-refractivity contribution >= 4 is 17.0 Å². The molecule has 0 saturated heterocycles. The number of hydrogen-bond acceptors (Lipinski definition) is 5. The second-order valence-corrected chi connectivity index (χ2v) is 6.88. The van der Waals surface area contributed by atoms with Crippen molar-refractivity contribution in [3.63, 3.8) is 0 Å². The van der Waals surface area contributed by atoms with Gasteiger partial charge in [-0.1, -0.05) is 37.3 Å². The fourth-order valence-electron chi connectivity index (χ4n) is 3.53. The maximum absolute atomic E-state index is 12.7. The fraction of sp³-hybridized carbons (Fsp3) is 0.217. The van der Waals surface area contributed by atoms with Crippen molar-refractivity contribution in [1.29, 1.82) is 5.26 Å². The van der Waals surface area contributed by atoms with Crippen molar-refractivity contribution < 1.29 is 9.53 Å². The van der Waals surface area contributed by atoms with Crippen LogP contribution in [0.1, 0.15) is 29.7 Å². The molecule has 4 rings (SSSR count). The van der Waals surface area contributed by atoms with Gasteiger partial charge in [0.2, 0.25) is 0 Å². The molecule has 0 fully saturated rings. The Labute approximate surface area is 174 Å². The quantitative estimate of drug-likeness (QED) is 0.462. The summed E-state index contributed by atoms with van der Waals surface area (Å²) in [6, 6.07) is 19.4. The van der Waals surface area contributed by atoms with Crippen LogP contribution in [0.4, 0.5) is 0 Å². The molecule has 0 atom stereocenters. The number of benzene rings is 2. The zero-order valence-corrected chi connectivity index (χ0v) is 16.9. The number of carbonyl (C=O) groups excluding carboxylic acids is 1. The lowest BCUT2D eigenvalue weighted by Gasteiger charge is -2.11. The van der Waals surface area contributed by atoms with E-state index in [9.17, 15) is 10.1 Å². The maximum atomic E-state index is 12.7. The molecule has 0 radical (unpaired) electrons. The second-order valence-electron chi connectivity index (χ2n) is 6.88. The van der Waals surface area contributed by atoms with E-state index in [0.29, 0.717) is 23.4 Å². The summed E-state index contributed by atoms with van der Waals surface area (Å²) in [6.07, 6.45) is 0.709. The van der Waals surface area contributed by atoms with Gasteiger partial charge in [0.15, 0.2) is 0 Å². The van der Waals surface area contributed by atoms with Gasteiger partial charge in [-0.25, -0.2) is 9.67 Å². The summed E-state index contributed by atoms with van der Waals surface area (Å²) in [7, 11) is 0. The molecule has 0 N–H and O–H groups in total. The Kier molecular flexibility index (Phi) is 5.31. The molecular weight excluding hydrogens is 378 g/mol. The van der Waals surface area contributed by atoms with Crippen LogP contribution >= 0.6 is 0 Å². The van der Waals surface area contributed by atoms with E-state index < -0.39 is 5.97 Å². The first-order valence-electron chi connectivity index (χ1n) is 9.76. The lowest BCUT2D eigenvalue weighted by atomic mass is 10.2. The number of hydrogen-bond donors (Lipinski definition) is 0. The van der Waals surface area contributed by atoms with E-state index in [1.165, 1.54) is 0 Å². The van der Waals surface area contributed by atoms with Crippen LogP contribution in [0, 0.1) is 18.3 Å². The van der Waals surface area contributed by atoms with Crippen molar-refractivity contribution in [3.8, 4) is 11.8 Å². The van der Waals surface area contributed by atoms with E-state index in [1.54, 1.807) is 11.6 Å². The third-order valence-electron chi connectivity index (χ3n) is 4.98. The highest BCUT2D eigenvalue weighted by Gasteiger charge is 2.19. The van der Waals surface area contributed by atoms with Gasteiger partial charge in [-0.15, -0.1) is 0 Å². The highest BCUT2D eigenvalue weighted by atomic mass is 16.5. The fourth-order valence-corrected chi connectivity index (χ4v) is 3.53. The van der Waals surface area contributed by atoms with Gasteiger partial charge in [0, 0.05) is 6.42 Å². The predicted molar refractivity (Wildman–Crippen MR) is 112 cm³/mol. The molecule has 4 aromatic rings. The summed E-state index contributed by atoms with van der Waals surface area (Å²) in [5, 5.41) is 14.0. The first-order chi connectivity index (χ1) is 14.6.